The molecule has 9 heteroatoms. The highest BCUT2D eigenvalue weighted by molar-refractivity contribution is 5.12. The van der Waals surface area contributed by atoms with Gasteiger partial charge in [-0.15, -0.1) is 0 Å². The van der Waals surface area contributed by atoms with E-state index < -0.39 is 41.3 Å². The Bertz CT molecular complexity index is 642. The topological polar surface area (TPSA) is 128 Å². The number of nitrogens with zero attached hydrogens (tertiary/aromatic N) is 2. The smallest absolute Gasteiger partial charge is 0.330 e. The maximum absolute atomic E-state index is 11.7. The van der Waals surface area contributed by atoms with Crippen LogP contribution in [0.4, 0.5) is 0 Å². The molecule has 1 aromatic rings. The van der Waals surface area contributed by atoms with Crippen LogP contribution in [0.15, 0.2) is 21.9 Å². The van der Waals surface area contributed by atoms with E-state index in [2.05, 4.69) is 4.98 Å². The molecule has 3 unspecified atom stereocenters. The van der Waals surface area contributed by atoms with E-state index in [1.165, 1.54) is 6.20 Å². The second-order valence-corrected chi connectivity index (χ2v) is 5.16. The molecule has 0 bridgehead atoms. The fraction of sp³-hybridized carbons (Fsp3) is 0.636. The highest BCUT2D eigenvalue weighted by atomic mass is 16.6. The highest BCUT2D eigenvalue weighted by Crippen LogP contribution is 2.44. The molecule has 2 saturated heterocycles. The van der Waals surface area contributed by atoms with Crippen LogP contribution in [-0.2, 0) is 4.74 Å². The van der Waals surface area contributed by atoms with Gasteiger partial charge in [0, 0.05) is 12.3 Å². The zero-order chi connectivity index (χ0) is 14.7. The average Bonchev–Trinajstić information content (AvgIpc) is 2.75. The van der Waals surface area contributed by atoms with Gasteiger partial charge < -0.3 is 20.2 Å². The van der Waals surface area contributed by atoms with Crippen LogP contribution in [0.25, 0.3) is 0 Å². The Morgan fingerprint density at radius 1 is 1.50 bits per heavy atom. The van der Waals surface area contributed by atoms with E-state index in [4.69, 9.17) is 4.74 Å². The van der Waals surface area contributed by atoms with Gasteiger partial charge in [-0.05, 0) is 6.92 Å². The van der Waals surface area contributed by atoms with E-state index in [0.717, 1.165) is 15.7 Å². The van der Waals surface area contributed by atoms with Crippen molar-refractivity contribution in [2.24, 2.45) is 0 Å². The van der Waals surface area contributed by atoms with Crippen molar-refractivity contribution in [3.05, 3.63) is 33.1 Å². The fourth-order valence-electron chi connectivity index (χ4n) is 2.89. The summed E-state index contributed by atoms with van der Waals surface area (Å²) in [4.78, 5) is 24.8. The van der Waals surface area contributed by atoms with Crippen molar-refractivity contribution in [3.63, 3.8) is 0 Å². The van der Waals surface area contributed by atoms with Crippen molar-refractivity contribution >= 4 is 0 Å². The molecule has 0 aliphatic carbocycles. The van der Waals surface area contributed by atoms with Crippen molar-refractivity contribution in [2.75, 3.05) is 6.54 Å². The van der Waals surface area contributed by atoms with E-state index in [1.807, 2.05) is 0 Å². The average molecular weight is 285 g/mol. The number of aromatic nitrogens is 2. The standard InChI is InChI=1S/C11H15N3O6/c1-5-11(18)6(4-14(5)19)20-9(8(11)16)13-3-2-7(15)12-10(13)17/h2-3,5-6,8-9,16,18-19H,4H2,1H3,(H,12,15,17)/t5-,6?,8?,9?,11-/m1/s1. The normalized spacial score (nSPS) is 41.0. The number of hydroxylamine groups is 2. The van der Waals surface area contributed by atoms with E-state index >= 15 is 0 Å². The van der Waals surface area contributed by atoms with Crippen molar-refractivity contribution in [2.45, 2.75) is 37.0 Å². The predicted octanol–water partition coefficient (Wildman–Crippen LogP) is -2.38. The number of nitrogens with one attached hydrogen (secondary N) is 1. The zero-order valence-corrected chi connectivity index (χ0v) is 10.6. The van der Waals surface area contributed by atoms with Crippen LogP contribution in [-0.4, -0.2) is 60.4 Å². The number of hydrogen-bond donors (Lipinski definition) is 4. The summed E-state index contributed by atoms with van der Waals surface area (Å²) in [5, 5.41) is 31.3. The number of aliphatic hydroxyl groups is 2. The Morgan fingerprint density at radius 2 is 2.20 bits per heavy atom. The molecule has 4 N–H and O–H groups in total. The number of fused-ring (bicyclic) bond motifs is 1. The van der Waals surface area contributed by atoms with Crippen LogP contribution in [0, 0.1) is 0 Å². The SMILES string of the molecule is C[C@H]1N(O)CC2OC(n3ccc(=O)[nH]c3=O)C(O)[C@]21O. The molecule has 5 atom stereocenters. The molecule has 20 heavy (non-hydrogen) atoms. The Hall–Kier alpha value is -1.52. The lowest BCUT2D eigenvalue weighted by molar-refractivity contribution is -0.162. The molecular weight excluding hydrogens is 270 g/mol. The van der Waals surface area contributed by atoms with E-state index in [1.54, 1.807) is 6.92 Å². The molecule has 0 saturated carbocycles. The summed E-state index contributed by atoms with van der Waals surface area (Å²) >= 11 is 0. The van der Waals surface area contributed by atoms with Gasteiger partial charge >= 0.3 is 5.69 Å². The lowest BCUT2D eigenvalue weighted by Gasteiger charge is -2.31. The van der Waals surface area contributed by atoms with Gasteiger partial charge in [-0.25, -0.2) is 4.79 Å². The number of ether oxygens (including phenoxy) is 1. The summed E-state index contributed by atoms with van der Waals surface area (Å²) in [6.45, 7) is 1.56. The summed E-state index contributed by atoms with van der Waals surface area (Å²) in [5.41, 5.74) is -2.99. The minimum atomic E-state index is -1.69. The molecule has 2 fully saturated rings. The summed E-state index contributed by atoms with van der Waals surface area (Å²) in [7, 11) is 0. The Kier molecular flexibility index (Phi) is 2.85. The molecule has 2 aliphatic rings. The van der Waals surface area contributed by atoms with Gasteiger partial charge in [-0.1, -0.05) is 0 Å². The van der Waals surface area contributed by atoms with Gasteiger partial charge in [0.15, 0.2) is 6.23 Å². The van der Waals surface area contributed by atoms with Crippen LogP contribution in [0.5, 0.6) is 0 Å². The van der Waals surface area contributed by atoms with Crippen LogP contribution in [0.1, 0.15) is 13.2 Å². The number of rotatable bonds is 1. The maximum atomic E-state index is 11.7. The first kappa shape index (κ1) is 13.5. The Labute approximate surface area is 112 Å². The monoisotopic (exact) mass is 285 g/mol. The van der Waals surface area contributed by atoms with E-state index in [9.17, 15) is 25.0 Å². The first-order valence-electron chi connectivity index (χ1n) is 6.18. The van der Waals surface area contributed by atoms with Crippen molar-refractivity contribution in [1.29, 1.82) is 0 Å². The molecule has 0 spiro atoms. The molecule has 0 aromatic carbocycles. The van der Waals surface area contributed by atoms with Crippen LogP contribution in [0.3, 0.4) is 0 Å². The molecule has 0 amide bonds. The van der Waals surface area contributed by atoms with Gasteiger partial charge in [0.2, 0.25) is 0 Å². The van der Waals surface area contributed by atoms with E-state index in [-0.39, 0.29) is 6.54 Å². The minimum absolute atomic E-state index is 0.0172. The van der Waals surface area contributed by atoms with Crippen LogP contribution in [0.2, 0.25) is 0 Å². The number of H-pyrrole nitrogens is 1. The van der Waals surface area contributed by atoms with Gasteiger partial charge in [-0.2, -0.15) is 5.06 Å². The lowest BCUT2D eigenvalue weighted by atomic mass is 9.89. The summed E-state index contributed by atoms with van der Waals surface area (Å²) < 4.78 is 6.50. The Balaban J connectivity index is 2.00. The molecule has 0 radical (unpaired) electrons. The third-order valence-corrected chi connectivity index (χ3v) is 4.16. The first-order valence-corrected chi connectivity index (χ1v) is 6.18. The molecule has 110 valence electrons. The Morgan fingerprint density at radius 3 is 2.80 bits per heavy atom. The van der Waals surface area contributed by atoms with Crippen LogP contribution >= 0.6 is 0 Å². The van der Waals surface area contributed by atoms with Gasteiger partial charge in [0.05, 0.1) is 12.6 Å². The molecule has 1 aromatic heterocycles. The summed E-state index contributed by atoms with van der Waals surface area (Å²) in [6.07, 6.45) is -2.17. The number of hydrogen-bond acceptors (Lipinski definition) is 7. The molecule has 3 heterocycles. The molecule has 9 nitrogen and oxygen atoms in total. The number of aliphatic hydroxyl groups excluding tert-OH is 1. The lowest BCUT2D eigenvalue weighted by Crippen LogP contribution is -2.53. The van der Waals surface area contributed by atoms with Gasteiger partial charge in [0.1, 0.15) is 17.8 Å². The van der Waals surface area contributed by atoms with Gasteiger partial charge in [0.25, 0.3) is 5.56 Å². The molecular formula is C11H15N3O6. The third-order valence-electron chi connectivity index (χ3n) is 4.16. The fourth-order valence-corrected chi connectivity index (χ4v) is 2.89. The number of aromatic amines is 1. The third kappa shape index (κ3) is 1.61. The summed E-state index contributed by atoms with van der Waals surface area (Å²) in [5.74, 6) is 0. The molecule has 3 rings (SSSR count). The van der Waals surface area contributed by atoms with Crippen molar-refractivity contribution in [1.82, 2.24) is 14.6 Å². The predicted molar refractivity (Wildman–Crippen MR) is 64.1 cm³/mol. The largest absolute Gasteiger partial charge is 0.385 e. The van der Waals surface area contributed by atoms with Crippen molar-refractivity contribution < 1.29 is 20.2 Å². The first-order chi connectivity index (χ1) is 9.35. The van der Waals surface area contributed by atoms with E-state index in [0.29, 0.717) is 0 Å². The quantitative estimate of drug-likeness (QED) is 0.453. The maximum Gasteiger partial charge on any atom is 0.330 e. The van der Waals surface area contributed by atoms with Gasteiger partial charge in [-0.3, -0.25) is 14.3 Å². The summed E-state index contributed by atoms with van der Waals surface area (Å²) in [6, 6.07) is 0.378. The second-order valence-electron chi connectivity index (χ2n) is 5.16. The highest BCUT2D eigenvalue weighted by Gasteiger charge is 2.64. The minimum Gasteiger partial charge on any atom is -0.385 e. The second kappa shape index (κ2) is 4.24. The van der Waals surface area contributed by atoms with Crippen LogP contribution < -0.4 is 11.2 Å². The van der Waals surface area contributed by atoms with Crippen molar-refractivity contribution in [3.8, 4) is 0 Å². The molecule has 2 aliphatic heterocycles. The zero-order valence-electron chi connectivity index (χ0n) is 10.6.